The van der Waals surface area contributed by atoms with E-state index in [1.54, 1.807) is 0 Å². The van der Waals surface area contributed by atoms with E-state index in [-0.39, 0.29) is 0 Å². The molecule has 1 rings (SSSR count). The van der Waals surface area contributed by atoms with Gasteiger partial charge in [0.1, 0.15) is 0 Å². The Bertz CT molecular complexity index is 291. The summed E-state index contributed by atoms with van der Waals surface area (Å²) >= 11 is 0. The van der Waals surface area contributed by atoms with Crippen LogP contribution in [0.1, 0.15) is 31.7 Å². The number of nitrogens with one attached hydrogen (secondary N) is 1. The van der Waals surface area contributed by atoms with Gasteiger partial charge in [-0.15, -0.1) is 0 Å². The topological polar surface area (TPSA) is 29.9 Å². The molecule has 1 unspecified atom stereocenters. The minimum atomic E-state index is 0.656. The number of aryl methyl sites for hydroxylation is 1. The first-order valence-corrected chi connectivity index (χ1v) is 5.84. The third kappa shape index (κ3) is 3.67. The van der Waals surface area contributed by atoms with E-state index in [0.717, 1.165) is 25.3 Å². The Morgan fingerprint density at radius 2 is 2.20 bits per heavy atom. The molecule has 1 aromatic heterocycles. The first-order valence-electron chi connectivity index (χ1n) is 5.84. The summed E-state index contributed by atoms with van der Waals surface area (Å²) in [5.74, 6) is 0.656. The monoisotopic (exact) mass is 209 g/mol. The Kier molecular flexibility index (Phi) is 4.82. The van der Waals surface area contributed by atoms with Gasteiger partial charge < -0.3 is 9.88 Å². The van der Waals surface area contributed by atoms with Crippen LogP contribution in [0.25, 0.3) is 0 Å². The average molecular weight is 209 g/mol. The number of rotatable bonds is 6. The SMILES string of the molecule is CCCNCC(C)Cn1cnc(C)c1C. The number of hydrogen-bond donors (Lipinski definition) is 1. The smallest absolute Gasteiger partial charge is 0.0951 e. The van der Waals surface area contributed by atoms with E-state index < -0.39 is 0 Å². The predicted octanol–water partition coefficient (Wildman–Crippen LogP) is 2.14. The fraction of sp³-hybridized carbons (Fsp3) is 0.750. The summed E-state index contributed by atoms with van der Waals surface area (Å²) in [5, 5.41) is 3.45. The summed E-state index contributed by atoms with van der Waals surface area (Å²) in [7, 11) is 0. The summed E-state index contributed by atoms with van der Waals surface area (Å²) in [6.07, 6.45) is 3.15. The van der Waals surface area contributed by atoms with Gasteiger partial charge in [0.25, 0.3) is 0 Å². The lowest BCUT2D eigenvalue weighted by Gasteiger charge is -2.14. The summed E-state index contributed by atoms with van der Waals surface area (Å²) in [4.78, 5) is 4.31. The van der Waals surface area contributed by atoms with Crippen LogP contribution >= 0.6 is 0 Å². The van der Waals surface area contributed by atoms with Crippen molar-refractivity contribution in [3.8, 4) is 0 Å². The third-order valence-electron chi connectivity index (χ3n) is 2.77. The van der Waals surface area contributed by atoms with Gasteiger partial charge in [-0.25, -0.2) is 4.98 Å². The molecule has 0 radical (unpaired) electrons. The Morgan fingerprint density at radius 1 is 1.47 bits per heavy atom. The fourth-order valence-electron chi connectivity index (χ4n) is 1.65. The molecule has 0 saturated carbocycles. The highest BCUT2D eigenvalue weighted by Crippen LogP contribution is 2.07. The number of aromatic nitrogens is 2. The van der Waals surface area contributed by atoms with Crippen molar-refractivity contribution in [1.29, 1.82) is 0 Å². The molecule has 0 bridgehead atoms. The molecule has 0 aliphatic rings. The maximum Gasteiger partial charge on any atom is 0.0951 e. The minimum Gasteiger partial charge on any atom is -0.334 e. The van der Waals surface area contributed by atoms with Crippen molar-refractivity contribution >= 4 is 0 Å². The van der Waals surface area contributed by atoms with Crippen molar-refractivity contribution in [2.24, 2.45) is 5.92 Å². The molecule has 1 heterocycles. The standard InChI is InChI=1S/C12H23N3/c1-5-6-13-7-10(2)8-15-9-14-11(3)12(15)4/h9-10,13H,5-8H2,1-4H3. The van der Waals surface area contributed by atoms with Crippen molar-refractivity contribution in [2.45, 2.75) is 40.7 Å². The normalized spacial score (nSPS) is 13.1. The summed E-state index contributed by atoms with van der Waals surface area (Å²) in [6, 6.07) is 0. The molecule has 0 spiro atoms. The molecule has 0 saturated heterocycles. The highest BCUT2D eigenvalue weighted by atomic mass is 15.1. The van der Waals surface area contributed by atoms with E-state index in [4.69, 9.17) is 0 Å². The Labute approximate surface area is 92.9 Å². The van der Waals surface area contributed by atoms with Crippen LogP contribution in [0.15, 0.2) is 6.33 Å². The first kappa shape index (κ1) is 12.2. The van der Waals surface area contributed by atoms with Gasteiger partial charge in [-0.2, -0.15) is 0 Å². The van der Waals surface area contributed by atoms with Crippen LogP contribution in [-0.2, 0) is 6.54 Å². The second-order valence-corrected chi connectivity index (χ2v) is 4.38. The van der Waals surface area contributed by atoms with Crippen molar-refractivity contribution in [2.75, 3.05) is 13.1 Å². The molecule has 15 heavy (non-hydrogen) atoms. The molecule has 0 aliphatic carbocycles. The van der Waals surface area contributed by atoms with Gasteiger partial charge >= 0.3 is 0 Å². The lowest BCUT2D eigenvalue weighted by atomic mass is 10.1. The lowest BCUT2D eigenvalue weighted by Crippen LogP contribution is -2.24. The highest BCUT2D eigenvalue weighted by molar-refractivity contribution is 5.08. The Balaban J connectivity index is 2.37. The third-order valence-corrected chi connectivity index (χ3v) is 2.77. The highest BCUT2D eigenvalue weighted by Gasteiger charge is 2.06. The summed E-state index contributed by atoms with van der Waals surface area (Å²) in [5.41, 5.74) is 2.43. The quantitative estimate of drug-likeness (QED) is 0.727. The largest absolute Gasteiger partial charge is 0.334 e. The van der Waals surface area contributed by atoms with Crippen LogP contribution in [0.4, 0.5) is 0 Å². The van der Waals surface area contributed by atoms with Gasteiger partial charge in [0, 0.05) is 12.2 Å². The maximum atomic E-state index is 4.31. The van der Waals surface area contributed by atoms with Gasteiger partial charge in [-0.1, -0.05) is 13.8 Å². The zero-order valence-electron chi connectivity index (χ0n) is 10.4. The molecule has 3 heteroatoms. The minimum absolute atomic E-state index is 0.656. The predicted molar refractivity (Wildman–Crippen MR) is 64.0 cm³/mol. The van der Waals surface area contributed by atoms with E-state index >= 15 is 0 Å². The molecule has 1 atom stereocenters. The summed E-state index contributed by atoms with van der Waals surface area (Å²) < 4.78 is 2.24. The number of nitrogens with zero attached hydrogens (tertiary/aromatic N) is 2. The second-order valence-electron chi connectivity index (χ2n) is 4.38. The molecule has 86 valence electrons. The Hall–Kier alpha value is -0.830. The Morgan fingerprint density at radius 3 is 2.73 bits per heavy atom. The second kappa shape index (κ2) is 5.91. The number of hydrogen-bond acceptors (Lipinski definition) is 2. The zero-order valence-corrected chi connectivity index (χ0v) is 10.4. The van der Waals surface area contributed by atoms with Crippen LogP contribution in [0.2, 0.25) is 0 Å². The molecular formula is C12H23N3. The van der Waals surface area contributed by atoms with E-state index in [1.165, 1.54) is 12.1 Å². The van der Waals surface area contributed by atoms with Gasteiger partial charge in [-0.3, -0.25) is 0 Å². The maximum absolute atomic E-state index is 4.31. The molecule has 3 nitrogen and oxygen atoms in total. The van der Waals surface area contributed by atoms with E-state index in [2.05, 4.69) is 42.6 Å². The molecule has 1 aromatic rings. The fourth-order valence-corrected chi connectivity index (χ4v) is 1.65. The van der Waals surface area contributed by atoms with Crippen molar-refractivity contribution in [3.05, 3.63) is 17.7 Å². The van der Waals surface area contributed by atoms with Crippen LogP contribution in [0, 0.1) is 19.8 Å². The van der Waals surface area contributed by atoms with Crippen LogP contribution in [-0.4, -0.2) is 22.6 Å². The zero-order chi connectivity index (χ0) is 11.3. The molecule has 0 aromatic carbocycles. The van der Waals surface area contributed by atoms with Crippen LogP contribution < -0.4 is 5.32 Å². The number of imidazole rings is 1. The van der Waals surface area contributed by atoms with Crippen LogP contribution in [0.5, 0.6) is 0 Å². The summed E-state index contributed by atoms with van der Waals surface area (Å²) in [6.45, 7) is 11.9. The van der Waals surface area contributed by atoms with Crippen molar-refractivity contribution in [3.63, 3.8) is 0 Å². The van der Waals surface area contributed by atoms with Crippen LogP contribution in [0.3, 0.4) is 0 Å². The van der Waals surface area contributed by atoms with Gasteiger partial charge in [-0.05, 0) is 39.3 Å². The van der Waals surface area contributed by atoms with Crippen molar-refractivity contribution in [1.82, 2.24) is 14.9 Å². The molecular weight excluding hydrogens is 186 g/mol. The molecule has 0 amide bonds. The van der Waals surface area contributed by atoms with Gasteiger partial charge in [0.2, 0.25) is 0 Å². The first-order chi connectivity index (χ1) is 7.15. The average Bonchev–Trinajstić information content (AvgIpc) is 2.50. The van der Waals surface area contributed by atoms with E-state index in [9.17, 15) is 0 Å². The van der Waals surface area contributed by atoms with E-state index in [0.29, 0.717) is 5.92 Å². The van der Waals surface area contributed by atoms with Gasteiger partial charge in [0.15, 0.2) is 0 Å². The van der Waals surface area contributed by atoms with E-state index in [1.807, 2.05) is 6.33 Å². The molecule has 0 fully saturated rings. The van der Waals surface area contributed by atoms with Gasteiger partial charge in [0.05, 0.1) is 12.0 Å². The molecule has 1 N–H and O–H groups in total. The lowest BCUT2D eigenvalue weighted by molar-refractivity contribution is 0.441. The molecule has 0 aliphatic heterocycles. The van der Waals surface area contributed by atoms with Crippen molar-refractivity contribution < 1.29 is 0 Å².